The van der Waals surface area contributed by atoms with Gasteiger partial charge in [-0.05, 0) is 5.56 Å². The van der Waals surface area contributed by atoms with Crippen molar-refractivity contribution < 1.29 is 14.5 Å². The Bertz CT molecular complexity index is 951. The highest BCUT2D eigenvalue weighted by Crippen LogP contribution is 2.28. The molecule has 0 aromatic heterocycles. The first-order valence-electron chi connectivity index (χ1n) is 8.48. The van der Waals surface area contributed by atoms with Crippen LogP contribution in [-0.4, -0.2) is 16.5 Å². The third kappa shape index (κ3) is 4.33. The quantitative estimate of drug-likeness (QED) is 0.344. The van der Waals surface area contributed by atoms with Gasteiger partial charge >= 0.3 is 0 Å². The molecular weight excluding hydrogens is 342 g/mol. The predicted octanol–water partition coefficient (Wildman–Crippen LogP) is 4.83. The van der Waals surface area contributed by atoms with Crippen molar-refractivity contribution in [3.8, 4) is 0 Å². The number of benzene rings is 3. The number of non-ortho nitro benzene ring substituents is 1. The summed E-state index contributed by atoms with van der Waals surface area (Å²) in [5.41, 5.74) is 1.56. The summed E-state index contributed by atoms with van der Waals surface area (Å²) in [6.45, 7) is 0. The fourth-order valence-electron chi connectivity index (χ4n) is 2.92. The van der Waals surface area contributed by atoms with E-state index in [2.05, 4.69) is 0 Å². The van der Waals surface area contributed by atoms with E-state index < -0.39 is 10.8 Å². The van der Waals surface area contributed by atoms with Crippen LogP contribution in [0, 0.1) is 10.1 Å². The SMILES string of the molecule is O=C(CC(C(=O)c1ccccc1)c1ccc([N+](=O)[O-])cc1)c1ccccc1. The molecule has 3 rings (SSSR count). The summed E-state index contributed by atoms with van der Waals surface area (Å²) in [5.74, 6) is -1.04. The summed E-state index contributed by atoms with van der Waals surface area (Å²) >= 11 is 0. The number of nitro groups is 1. The lowest BCUT2D eigenvalue weighted by atomic mass is 9.85. The largest absolute Gasteiger partial charge is 0.294 e. The van der Waals surface area contributed by atoms with Gasteiger partial charge in [0.2, 0.25) is 0 Å². The van der Waals surface area contributed by atoms with Crippen LogP contribution in [0.25, 0.3) is 0 Å². The highest BCUT2D eigenvalue weighted by molar-refractivity contribution is 6.06. The molecular formula is C22H17NO4. The molecule has 27 heavy (non-hydrogen) atoms. The van der Waals surface area contributed by atoms with Crippen LogP contribution >= 0.6 is 0 Å². The molecule has 3 aromatic rings. The van der Waals surface area contributed by atoms with Gasteiger partial charge in [0.25, 0.3) is 5.69 Å². The normalized spacial score (nSPS) is 11.6. The number of rotatable bonds is 7. The molecule has 5 heteroatoms. The summed E-state index contributed by atoms with van der Waals surface area (Å²) in [4.78, 5) is 36.1. The first-order valence-corrected chi connectivity index (χ1v) is 8.48. The Morgan fingerprint density at radius 1 is 0.778 bits per heavy atom. The van der Waals surface area contributed by atoms with Gasteiger partial charge in [0.15, 0.2) is 11.6 Å². The number of nitro benzene ring substituents is 1. The van der Waals surface area contributed by atoms with Gasteiger partial charge < -0.3 is 0 Å². The van der Waals surface area contributed by atoms with Crippen molar-refractivity contribution in [1.29, 1.82) is 0 Å². The van der Waals surface area contributed by atoms with Gasteiger partial charge in [-0.3, -0.25) is 19.7 Å². The van der Waals surface area contributed by atoms with Crippen molar-refractivity contribution >= 4 is 17.3 Å². The second kappa shape index (κ2) is 8.19. The van der Waals surface area contributed by atoms with Gasteiger partial charge in [0, 0.05) is 29.7 Å². The lowest BCUT2D eigenvalue weighted by Crippen LogP contribution is -2.17. The molecule has 0 saturated heterocycles. The lowest BCUT2D eigenvalue weighted by Gasteiger charge is -2.16. The molecule has 5 nitrogen and oxygen atoms in total. The molecule has 0 saturated carbocycles. The molecule has 0 radical (unpaired) electrons. The minimum atomic E-state index is -0.707. The van der Waals surface area contributed by atoms with Crippen LogP contribution in [0.1, 0.15) is 38.6 Å². The molecule has 134 valence electrons. The van der Waals surface area contributed by atoms with Gasteiger partial charge in [0.1, 0.15) is 0 Å². The molecule has 0 bridgehead atoms. The Morgan fingerprint density at radius 2 is 1.30 bits per heavy atom. The van der Waals surface area contributed by atoms with Crippen molar-refractivity contribution in [2.24, 2.45) is 0 Å². The maximum atomic E-state index is 13.0. The van der Waals surface area contributed by atoms with Crippen molar-refractivity contribution in [2.45, 2.75) is 12.3 Å². The number of nitrogens with zero attached hydrogens (tertiary/aromatic N) is 1. The molecule has 0 heterocycles. The van der Waals surface area contributed by atoms with E-state index in [0.29, 0.717) is 16.7 Å². The van der Waals surface area contributed by atoms with E-state index in [1.807, 2.05) is 12.1 Å². The Morgan fingerprint density at radius 3 is 1.81 bits per heavy atom. The van der Waals surface area contributed by atoms with E-state index in [4.69, 9.17) is 0 Å². The number of hydrogen-bond acceptors (Lipinski definition) is 4. The average molecular weight is 359 g/mol. The monoisotopic (exact) mass is 359 g/mol. The Labute approximate surface area is 156 Å². The molecule has 1 unspecified atom stereocenters. The Kier molecular flexibility index (Phi) is 5.52. The summed E-state index contributed by atoms with van der Waals surface area (Å²) < 4.78 is 0. The smallest absolute Gasteiger partial charge is 0.269 e. The maximum absolute atomic E-state index is 13.0. The van der Waals surface area contributed by atoms with E-state index in [-0.39, 0.29) is 23.7 Å². The standard InChI is InChI=1S/C22H17NO4/c24-21(17-7-3-1-4-8-17)15-20(22(25)18-9-5-2-6-10-18)16-11-13-19(14-12-16)23(26)27/h1-14,20H,15H2. The molecule has 1 atom stereocenters. The third-order valence-electron chi connectivity index (χ3n) is 4.37. The highest BCUT2D eigenvalue weighted by Gasteiger charge is 2.26. The third-order valence-corrected chi connectivity index (χ3v) is 4.37. The van der Waals surface area contributed by atoms with E-state index in [9.17, 15) is 19.7 Å². The first kappa shape index (κ1) is 18.2. The number of ketones is 2. The Hall–Kier alpha value is -3.60. The zero-order valence-corrected chi connectivity index (χ0v) is 14.4. The zero-order valence-electron chi connectivity index (χ0n) is 14.4. The first-order chi connectivity index (χ1) is 13.1. The van der Waals surface area contributed by atoms with E-state index in [1.54, 1.807) is 60.7 Å². The number of carbonyl (C=O) groups is 2. The van der Waals surface area contributed by atoms with Crippen LogP contribution in [0.3, 0.4) is 0 Å². The van der Waals surface area contributed by atoms with Gasteiger partial charge in [-0.25, -0.2) is 0 Å². The van der Waals surface area contributed by atoms with Crippen molar-refractivity contribution in [3.05, 3.63) is 112 Å². The number of carbonyl (C=O) groups excluding carboxylic acids is 2. The van der Waals surface area contributed by atoms with Gasteiger partial charge in [-0.15, -0.1) is 0 Å². The summed E-state index contributed by atoms with van der Waals surface area (Å²) in [6, 6.07) is 23.3. The molecule has 0 N–H and O–H groups in total. The molecule has 3 aromatic carbocycles. The molecule has 0 aliphatic carbocycles. The summed E-state index contributed by atoms with van der Waals surface area (Å²) in [5, 5.41) is 10.9. The van der Waals surface area contributed by atoms with E-state index in [1.165, 1.54) is 12.1 Å². The molecule has 0 fully saturated rings. The molecule has 0 aliphatic rings. The van der Waals surface area contributed by atoms with Crippen LogP contribution < -0.4 is 0 Å². The summed E-state index contributed by atoms with van der Waals surface area (Å²) in [7, 11) is 0. The number of Topliss-reactive ketones (excluding diaryl/α,β-unsaturated/α-hetero) is 2. The number of hydrogen-bond donors (Lipinski definition) is 0. The van der Waals surface area contributed by atoms with Crippen molar-refractivity contribution in [2.75, 3.05) is 0 Å². The van der Waals surface area contributed by atoms with Gasteiger partial charge in [-0.2, -0.15) is 0 Å². The average Bonchev–Trinajstić information content (AvgIpc) is 2.72. The lowest BCUT2D eigenvalue weighted by molar-refractivity contribution is -0.384. The van der Waals surface area contributed by atoms with Gasteiger partial charge in [0.05, 0.1) is 10.8 Å². The Balaban J connectivity index is 1.94. The van der Waals surface area contributed by atoms with Crippen LogP contribution in [0.4, 0.5) is 5.69 Å². The molecule has 0 amide bonds. The molecule has 0 spiro atoms. The predicted molar refractivity (Wildman–Crippen MR) is 102 cm³/mol. The van der Waals surface area contributed by atoms with Gasteiger partial charge in [-0.1, -0.05) is 72.8 Å². The summed E-state index contributed by atoms with van der Waals surface area (Å²) in [6.07, 6.45) is -0.00441. The zero-order chi connectivity index (χ0) is 19.2. The fraction of sp³-hybridized carbons (Fsp3) is 0.0909. The topological polar surface area (TPSA) is 77.3 Å². The van der Waals surface area contributed by atoms with Crippen LogP contribution in [0.15, 0.2) is 84.9 Å². The van der Waals surface area contributed by atoms with Crippen molar-refractivity contribution in [3.63, 3.8) is 0 Å². The van der Waals surface area contributed by atoms with E-state index >= 15 is 0 Å². The minimum absolute atomic E-state index is 0.00441. The van der Waals surface area contributed by atoms with Crippen LogP contribution in [-0.2, 0) is 0 Å². The molecule has 0 aliphatic heterocycles. The minimum Gasteiger partial charge on any atom is -0.294 e. The highest BCUT2D eigenvalue weighted by atomic mass is 16.6. The maximum Gasteiger partial charge on any atom is 0.269 e. The fourth-order valence-corrected chi connectivity index (χ4v) is 2.92. The van der Waals surface area contributed by atoms with Crippen LogP contribution in [0.5, 0.6) is 0 Å². The second-order valence-electron chi connectivity index (χ2n) is 6.12. The second-order valence-corrected chi connectivity index (χ2v) is 6.12. The van der Waals surface area contributed by atoms with Crippen molar-refractivity contribution in [1.82, 2.24) is 0 Å². The van der Waals surface area contributed by atoms with Crippen LogP contribution in [0.2, 0.25) is 0 Å². The van der Waals surface area contributed by atoms with E-state index in [0.717, 1.165) is 0 Å².